The lowest BCUT2D eigenvalue weighted by Gasteiger charge is -2.14. The molecule has 0 aliphatic heterocycles. The smallest absolute Gasteiger partial charge is 0.418 e. The van der Waals surface area contributed by atoms with Gasteiger partial charge in [-0.05, 0) is 12.1 Å². The van der Waals surface area contributed by atoms with E-state index in [0.717, 1.165) is 12.1 Å². The Morgan fingerprint density at radius 2 is 2.11 bits per heavy atom. The Bertz CT molecular complexity index is 520. The van der Waals surface area contributed by atoms with E-state index in [-0.39, 0.29) is 11.1 Å². The number of nitriles is 1. The first-order valence-corrected chi connectivity index (χ1v) is 5.75. The molecule has 0 bridgehead atoms. The van der Waals surface area contributed by atoms with Gasteiger partial charge in [0.05, 0.1) is 29.6 Å². The number of halogens is 4. The van der Waals surface area contributed by atoms with E-state index in [1.165, 1.54) is 13.2 Å². The third-order valence-corrected chi connectivity index (χ3v) is 2.68. The van der Waals surface area contributed by atoms with Crippen LogP contribution in [0.25, 0.3) is 0 Å². The van der Waals surface area contributed by atoms with E-state index in [1.54, 1.807) is 0 Å². The van der Waals surface area contributed by atoms with Crippen molar-refractivity contribution in [3.05, 3.63) is 28.8 Å². The second-order valence-electron chi connectivity index (χ2n) is 3.26. The lowest BCUT2D eigenvalue weighted by Crippen LogP contribution is -2.16. The molecular formula is C11H7BrF3NO2. The van der Waals surface area contributed by atoms with E-state index in [0.29, 0.717) is 0 Å². The van der Waals surface area contributed by atoms with Gasteiger partial charge in [0.2, 0.25) is 0 Å². The second-order valence-corrected chi connectivity index (χ2v) is 3.82. The number of carbonyl (C=O) groups is 1. The minimum Gasteiger partial charge on any atom is -0.497 e. The van der Waals surface area contributed by atoms with Crippen LogP contribution >= 0.6 is 15.9 Å². The summed E-state index contributed by atoms with van der Waals surface area (Å²) in [5.41, 5.74) is -2.43. The molecule has 0 fully saturated rings. The SMILES string of the molecule is COc1cc(C#N)c(C(F)(F)F)c(C(=O)CBr)c1. The van der Waals surface area contributed by atoms with Gasteiger partial charge in [-0.2, -0.15) is 18.4 Å². The molecule has 0 N–H and O–H groups in total. The van der Waals surface area contributed by atoms with Crippen molar-refractivity contribution in [1.29, 1.82) is 5.26 Å². The summed E-state index contributed by atoms with van der Waals surface area (Å²) in [6.07, 6.45) is -4.77. The van der Waals surface area contributed by atoms with Gasteiger partial charge < -0.3 is 4.74 Å². The lowest BCUT2D eigenvalue weighted by atomic mass is 9.98. The molecule has 0 aliphatic rings. The number of hydrogen-bond donors (Lipinski definition) is 0. The molecule has 0 amide bonds. The topological polar surface area (TPSA) is 50.1 Å². The predicted octanol–water partition coefficient (Wildman–Crippen LogP) is 3.16. The third-order valence-electron chi connectivity index (χ3n) is 2.17. The van der Waals surface area contributed by atoms with Crippen LogP contribution in [0.3, 0.4) is 0 Å². The molecule has 0 heterocycles. The van der Waals surface area contributed by atoms with Crippen molar-refractivity contribution in [3.63, 3.8) is 0 Å². The maximum Gasteiger partial charge on any atom is 0.418 e. The van der Waals surface area contributed by atoms with Gasteiger partial charge in [0.1, 0.15) is 5.75 Å². The Hall–Kier alpha value is -1.55. The zero-order chi connectivity index (χ0) is 13.9. The molecule has 18 heavy (non-hydrogen) atoms. The molecule has 3 nitrogen and oxygen atoms in total. The van der Waals surface area contributed by atoms with Gasteiger partial charge in [0.15, 0.2) is 5.78 Å². The summed E-state index contributed by atoms with van der Waals surface area (Å²) in [7, 11) is 1.24. The fourth-order valence-electron chi connectivity index (χ4n) is 1.42. The van der Waals surface area contributed by atoms with E-state index < -0.39 is 28.6 Å². The minimum absolute atomic E-state index is 0.0313. The summed E-state index contributed by atoms with van der Waals surface area (Å²) in [4.78, 5) is 11.5. The molecule has 0 aliphatic carbocycles. The highest BCUT2D eigenvalue weighted by atomic mass is 79.9. The van der Waals surface area contributed by atoms with Crippen LogP contribution in [-0.2, 0) is 6.18 Å². The summed E-state index contributed by atoms with van der Waals surface area (Å²) in [5, 5.41) is 8.48. The maximum atomic E-state index is 12.9. The van der Waals surface area contributed by atoms with Crippen molar-refractivity contribution >= 4 is 21.7 Å². The Balaban J connectivity index is 3.64. The minimum atomic E-state index is -4.77. The van der Waals surface area contributed by atoms with Gasteiger partial charge in [0.25, 0.3) is 0 Å². The first kappa shape index (κ1) is 14.5. The molecule has 0 radical (unpaired) electrons. The highest BCUT2D eigenvalue weighted by Crippen LogP contribution is 2.37. The quantitative estimate of drug-likeness (QED) is 0.634. The van der Waals surface area contributed by atoms with Crippen LogP contribution in [-0.4, -0.2) is 18.2 Å². The molecule has 1 aromatic carbocycles. The number of rotatable bonds is 3. The third kappa shape index (κ3) is 2.82. The van der Waals surface area contributed by atoms with Gasteiger partial charge in [-0.15, -0.1) is 0 Å². The van der Waals surface area contributed by atoms with E-state index in [2.05, 4.69) is 15.9 Å². The molecule has 0 atom stereocenters. The Labute approximate surface area is 109 Å². The molecule has 96 valence electrons. The summed E-state index contributed by atoms with van der Waals surface area (Å²) < 4.78 is 43.4. The van der Waals surface area contributed by atoms with Gasteiger partial charge in [0, 0.05) is 5.56 Å². The van der Waals surface area contributed by atoms with Crippen LogP contribution in [0.15, 0.2) is 12.1 Å². The van der Waals surface area contributed by atoms with E-state index in [9.17, 15) is 18.0 Å². The number of methoxy groups -OCH3 is 1. The number of ether oxygens (including phenoxy) is 1. The van der Waals surface area contributed by atoms with Crippen LogP contribution in [0.5, 0.6) is 5.75 Å². The van der Waals surface area contributed by atoms with Gasteiger partial charge >= 0.3 is 6.18 Å². The summed E-state index contributed by atoms with van der Waals surface area (Å²) >= 11 is 2.80. The largest absolute Gasteiger partial charge is 0.497 e. The van der Waals surface area contributed by atoms with E-state index in [1.807, 2.05) is 0 Å². The average Bonchev–Trinajstić information content (AvgIpc) is 2.34. The second kappa shape index (κ2) is 5.40. The summed E-state index contributed by atoms with van der Waals surface area (Å²) in [6, 6.07) is 3.36. The first-order chi connectivity index (χ1) is 8.35. The van der Waals surface area contributed by atoms with Crippen LogP contribution < -0.4 is 4.74 Å². The van der Waals surface area contributed by atoms with Crippen molar-refractivity contribution < 1.29 is 22.7 Å². The first-order valence-electron chi connectivity index (χ1n) is 4.63. The lowest BCUT2D eigenvalue weighted by molar-refractivity contribution is -0.138. The van der Waals surface area contributed by atoms with E-state index in [4.69, 9.17) is 10.00 Å². The molecule has 0 unspecified atom stereocenters. The van der Waals surface area contributed by atoms with Crippen LogP contribution in [0, 0.1) is 11.3 Å². The van der Waals surface area contributed by atoms with Crippen LogP contribution in [0.2, 0.25) is 0 Å². The van der Waals surface area contributed by atoms with Crippen LogP contribution in [0.1, 0.15) is 21.5 Å². The Morgan fingerprint density at radius 1 is 1.50 bits per heavy atom. The van der Waals surface area contributed by atoms with Crippen molar-refractivity contribution in [2.45, 2.75) is 6.18 Å². The normalized spacial score (nSPS) is 10.9. The number of alkyl halides is 4. The number of ketones is 1. The molecule has 1 aromatic rings. The molecule has 0 saturated heterocycles. The molecule has 1 rings (SSSR count). The molecule has 7 heteroatoms. The van der Waals surface area contributed by atoms with Crippen molar-refractivity contribution in [1.82, 2.24) is 0 Å². The molecule has 0 aromatic heterocycles. The monoisotopic (exact) mass is 321 g/mol. The number of carbonyl (C=O) groups excluding carboxylic acids is 1. The number of hydrogen-bond acceptors (Lipinski definition) is 3. The summed E-state index contributed by atoms with van der Waals surface area (Å²) in [5.74, 6) is -0.735. The van der Waals surface area contributed by atoms with Crippen molar-refractivity contribution in [2.24, 2.45) is 0 Å². The fraction of sp³-hybridized carbons (Fsp3) is 0.273. The summed E-state index contributed by atoms with van der Waals surface area (Å²) in [6.45, 7) is 0. The number of nitrogens with zero attached hydrogens (tertiary/aromatic N) is 1. The van der Waals surface area contributed by atoms with E-state index >= 15 is 0 Å². The highest BCUT2D eigenvalue weighted by molar-refractivity contribution is 9.09. The number of benzene rings is 1. The predicted molar refractivity (Wildman–Crippen MR) is 60.8 cm³/mol. The average molecular weight is 322 g/mol. The molecule has 0 spiro atoms. The van der Waals surface area contributed by atoms with Gasteiger partial charge in [-0.1, -0.05) is 15.9 Å². The zero-order valence-electron chi connectivity index (χ0n) is 9.14. The Kier molecular flexibility index (Phi) is 4.35. The zero-order valence-corrected chi connectivity index (χ0v) is 10.7. The standard InChI is InChI=1S/C11H7BrF3NO2/c1-18-7-2-6(5-16)10(11(13,14)15)8(3-7)9(17)4-12/h2-3H,4H2,1H3. The Morgan fingerprint density at radius 3 is 2.50 bits per heavy atom. The van der Waals surface area contributed by atoms with Gasteiger partial charge in [-0.3, -0.25) is 4.79 Å². The molecular weight excluding hydrogens is 315 g/mol. The fourth-order valence-corrected chi connectivity index (χ4v) is 1.72. The highest BCUT2D eigenvalue weighted by Gasteiger charge is 2.38. The number of Topliss-reactive ketones (excluding diaryl/α,β-unsaturated/α-hetero) is 1. The van der Waals surface area contributed by atoms with Gasteiger partial charge in [-0.25, -0.2) is 0 Å². The van der Waals surface area contributed by atoms with Crippen molar-refractivity contribution in [2.75, 3.05) is 12.4 Å². The van der Waals surface area contributed by atoms with Crippen molar-refractivity contribution in [3.8, 4) is 11.8 Å². The molecule has 0 saturated carbocycles. The maximum absolute atomic E-state index is 12.9. The van der Waals surface area contributed by atoms with Crippen LogP contribution in [0.4, 0.5) is 13.2 Å².